The van der Waals surface area contributed by atoms with Crippen molar-refractivity contribution in [1.29, 1.82) is 0 Å². The summed E-state index contributed by atoms with van der Waals surface area (Å²) in [5.41, 5.74) is 5.65. The Morgan fingerprint density at radius 3 is 2.80 bits per heavy atom. The van der Waals surface area contributed by atoms with E-state index < -0.39 is 0 Å². The standard InChI is InChI=1S/C19H22N4O2/c1-4-23-19-16(11-21-23)18(14-8-13(2)9-20-10-14)15(6-5-7-24)17(22-19)12-25-3/h5-6,8-11,24H,4,7,12H2,1-3H3. The number of fused-ring (bicyclic) bond motifs is 1. The van der Waals surface area contributed by atoms with E-state index in [4.69, 9.17) is 9.72 Å². The molecule has 3 aromatic rings. The van der Waals surface area contributed by atoms with Crippen molar-refractivity contribution in [2.75, 3.05) is 13.7 Å². The molecular weight excluding hydrogens is 316 g/mol. The fourth-order valence-corrected chi connectivity index (χ4v) is 2.98. The van der Waals surface area contributed by atoms with Gasteiger partial charge in [-0.15, -0.1) is 0 Å². The number of ether oxygens (including phenoxy) is 1. The van der Waals surface area contributed by atoms with Crippen LogP contribution < -0.4 is 0 Å². The van der Waals surface area contributed by atoms with Gasteiger partial charge in [-0.2, -0.15) is 5.10 Å². The maximum absolute atomic E-state index is 9.24. The van der Waals surface area contributed by atoms with Gasteiger partial charge in [0.15, 0.2) is 5.65 Å². The second-order valence-electron chi connectivity index (χ2n) is 5.81. The van der Waals surface area contributed by atoms with Crippen LogP contribution in [0.2, 0.25) is 0 Å². The minimum Gasteiger partial charge on any atom is -0.392 e. The molecule has 0 aliphatic rings. The molecule has 6 nitrogen and oxygen atoms in total. The highest BCUT2D eigenvalue weighted by Gasteiger charge is 2.18. The van der Waals surface area contributed by atoms with Crippen LogP contribution in [0.4, 0.5) is 0 Å². The van der Waals surface area contributed by atoms with Crippen LogP contribution in [0.15, 0.2) is 30.7 Å². The summed E-state index contributed by atoms with van der Waals surface area (Å²) in [7, 11) is 1.65. The minimum absolute atomic E-state index is 0.0375. The van der Waals surface area contributed by atoms with Crippen molar-refractivity contribution in [2.45, 2.75) is 27.0 Å². The molecule has 3 aromatic heterocycles. The number of aromatic nitrogens is 4. The molecule has 0 fully saturated rings. The highest BCUT2D eigenvalue weighted by Crippen LogP contribution is 2.34. The lowest BCUT2D eigenvalue weighted by Crippen LogP contribution is -2.04. The van der Waals surface area contributed by atoms with E-state index in [0.717, 1.165) is 45.5 Å². The number of pyridine rings is 2. The summed E-state index contributed by atoms with van der Waals surface area (Å²) in [5, 5.41) is 14.7. The normalized spacial score (nSPS) is 11.7. The van der Waals surface area contributed by atoms with Crippen molar-refractivity contribution >= 4 is 17.1 Å². The molecule has 0 saturated heterocycles. The van der Waals surface area contributed by atoms with Crippen LogP contribution in [0.5, 0.6) is 0 Å². The van der Waals surface area contributed by atoms with Crippen LogP contribution in [0.1, 0.15) is 23.7 Å². The first-order valence-corrected chi connectivity index (χ1v) is 8.26. The molecule has 0 saturated carbocycles. The summed E-state index contributed by atoms with van der Waals surface area (Å²) >= 11 is 0. The number of aliphatic hydroxyl groups excluding tert-OH is 1. The van der Waals surface area contributed by atoms with Gasteiger partial charge in [0.2, 0.25) is 0 Å². The quantitative estimate of drug-likeness (QED) is 0.748. The van der Waals surface area contributed by atoms with Gasteiger partial charge in [-0.1, -0.05) is 12.2 Å². The number of rotatable bonds is 6. The summed E-state index contributed by atoms with van der Waals surface area (Å²) in [6.45, 7) is 5.13. The van der Waals surface area contributed by atoms with Crippen LogP contribution in [0.25, 0.3) is 28.2 Å². The fraction of sp³-hybridized carbons (Fsp3) is 0.316. The highest BCUT2D eigenvalue weighted by atomic mass is 16.5. The Hall–Kier alpha value is -2.57. The molecule has 3 rings (SSSR count). The fourth-order valence-electron chi connectivity index (χ4n) is 2.98. The zero-order valence-corrected chi connectivity index (χ0v) is 14.7. The number of aliphatic hydroxyl groups is 1. The Bertz CT molecular complexity index is 915. The molecule has 130 valence electrons. The van der Waals surface area contributed by atoms with E-state index in [1.165, 1.54) is 0 Å². The van der Waals surface area contributed by atoms with E-state index >= 15 is 0 Å². The summed E-state index contributed by atoms with van der Waals surface area (Å²) in [4.78, 5) is 9.12. The zero-order chi connectivity index (χ0) is 17.8. The average molecular weight is 338 g/mol. The number of hydrogen-bond acceptors (Lipinski definition) is 5. The molecule has 6 heteroatoms. The zero-order valence-electron chi connectivity index (χ0n) is 14.7. The summed E-state index contributed by atoms with van der Waals surface area (Å²) in [6, 6.07) is 2.10. The third-order valence-electron chi connectivity index (χ3n) is 4.04. The topological polar surface area (TPSA) is 73.1 Å². The molecular formula is C19H22N4O2. The second-order valence-corrected chi connectivity index (χ2v) is 5.81. The Balaban J connectivity index is 2.39. The molecule has 0 amide bonds. The van der Waals surface area contributed by atoms with E-state index in [0.29, 0.717) is 6.61 Å². The lowest BCUT2D eigenvalue weighted by atomic mass is 9.96. The first-order valence-electron chi connectivity index (χ1n) is 8.26. The maximum Gasteiger partial charge on any atom is 0.158 e. The van der Waals surface area contributed by atoms with Gasteiger partial charge in [0, 0.05) is 48.1 Å². The predicted octanol–water partition coefficient (Wildman–Crippen LogP) is 2.97. The van der Waals surface area contributed by atoms with Crippen LogP contribution >= 0.6 is 0 Å². The van der Waals surface area contributed by atoms with E-state index in [-0.39, 0.29) is 6.61 Å². The number of aryl methyl sites for hydroxylation is 2. The van der Waals surface area contributed by atoms with Gasteiger partial charge in [0.1, 0.15) is 0 Å². The smallest absolute Gasteiger partial charge is 0.158 e. The van der Waals surface area contributed by atoms with E-state index in [2.05, 4.69) is 16.1 Å². The van der Waals surface area contributed by atoms with E-state index in [9.17, 15) is 5.11 Å². The van der Waals surface area contributed by atoms with Crippen molar-refractivity contribution in [2.24, 2.45) is 0 Å². The van der Waals surface area contributed by atoms with Crippen LogP contribution in [-0.2, 0) is 17.9 Å². The minimum atomic E-state index is -0.0375. The monoisotopic (exact) mass is 338 g/mol. The molecule has 0 bridgehead atoms. The van der Waals surface area contributed by atoms with Crippen LogP contribution in [0, 0.1) is 6.92 Å². The largest absolute Gasteiger partial charge is 0.392 e. The average Bonchev–Trinajstić information content (AvgIpc) is 3.02. The molecule has 0 spiro atoms. The Morgan fingerprint density at radius 2 is 2.12 bits per heavy atom. The van der Waals surface area contributed by atoms with Crippen molar-refractivity contribution < 1.29 is 9.84 Å². The predicted molar refractivity (Wildman–Crippen MR) is 98.0 cm³/mol. The summed E-state index contributed by atoms with van der Waals surface area (Å²) in [6.07, 6.45) is 9.12. The number of methoxy groups -OCH3 is 1. The first-order chi connectivity index (χ1) is 12.2. The van der Waals surface area contributed by atoms with Gasteiger partial charge in [0.05, 0.1) is 25.1 Å². The Kier molecular flexibility index (Phi) is 5.21. The van der Waals surface area contributed by atoms with Crippen molar-refractivity contribution in [3.05, 3.63) is 47.6 Å². The Labute approximate surface area is 146 Å². The van der Waals surface area contributed by atoms with Gasteiger partial charge in [0.25, 0.3) is 0 Å². The molecule has 0 aliphatic heterocycles. The van der Waals surface area contributed by atoms with Gasteiger partial charge >= 0.3 is 0 Å². The van der Waals surface area contributed by atoms with Gasteiger partial charge < -0.3 is 9.84 Å². The van der Waals surface area contributed by atoms with Crippen LogP contribution in [0.3, 0.4) is 0 Å². The SMILES string of the molecule is CCn1ncc2c(-c3cncc(C)c3)c(C=CCO)c(COC)nc21. The third-order valence-corrected chi connectivity index (χ3v) is 4.04. The molecule has 3 heterocycles. The van der Waals surface area contributed by atoms with Crippen molar-refractivity contribution in [3.8, 4) is 11.1 Å². The number of hydrogen-bond donors (Lipinski definition) is 1. The molecule has 0 atom stereocenters. The van der Waals surface area contributed by atoms with Gasteiger partial charge in [-0.25, -0.2) is 9.67 Å². The Morgan fingerprint density at radius 1 is 1.28 bits per heavy atom. The maximum atomic E-state index is 9.24. The summed E-state index contributed by atoms with van der Waals surface area (Å²) < 4.78 is 7.23. The van der Waals surface area contributed by atoms with Crippen molar-refractivity contribution in [1.82, 2.24) is 19.7 Å². The third kappa shape index (κ3) is 3.31. The van der Waals surface area contributed by atoms with Gasteiger partial charge in [-0.05, 0) is 25.5 Å². The lowest BCUT2D eigenvalue weighted by Gasteiger charge is -2.14. The van der Waals surface area contributed by atoms with Crippen molar-refractivity contribution in [3.63, 3.8) is 0 Å². The first kappa shape index (κ1) is 17.3. The molecule has 25 heavy (non-hydrogen) atoms. The lowest BCUT2D eigenvalue weighted by molar-refractivity contribution is 0.181. The molecule has 0 aromatic carbocycles. The summed E-state index contributed by atoms with van der Waals surface area (Å²) in [5.74, 6) is 0. The van der Waals surface area contributed by atoms with Gasteiger partial charge in [-0.3, -0.25) is 4.98 Å². The second kappa shape index (κ2) is 7.55. The molecule has 1 N–H and O–H groups in total. The highest BCUT2D eigenvalue weighted by molar-refractivity contribution is 5.97. The molecule has 0 radical (unpaired) electrons. The molecule has 0 unspecified atom stereocenters. The molecule has 0 aliphatic carbocycles. The van der Waals surface area contributed by atoms with E-state index in [1.807, 2.05) is 43.2 Å². The van der Waals surface area contributed by atoms with Crippen LogP contribution in [-0.4, -0.2) is 38.6 Å². The van der Waals surface area contributed by atoms with E-state index in [1.54, 1.807) is 13.2 Å². The number of nitrogens with zero attached hydrogens (tertiary/aromatic N) is 4.